The highest BCUT2D eigenvalue weighted by Gasteiger charge is 2.24. The van der Waals surface area contributed by atoms with Crippen LogP contribution in [0.3, 0.4) is 0 Å². The van der Waals surface area contributed by atoms with Crippen LogP contribution in [-0.4, -0.2) is 37.2 Å². The highest BCUT2D eigenvalue weighted by molar-refractivity contribution is 5.85. The Labute approximate surface area is 140 Å². The molecule has 1 heterocycles. The molecule has 1 aliphatic carbocycles. The molecule has 22 heavy (non-hydrogen) atoms. The first kappa shape index (κ1) is 17.6. The van der Waals surface area contributed by atoms with Crippen molar-refractivity contribution in [3.8, 4) is 5.75 Å². The molecule has 0 radical (unpaired) electrons. The Morgan fingerprint density at radius 1 is 1.14 bits per heavy atom. The minimum Gasteiger partial charge on any atom is -0.494 e. The van der Waals surface area contributed by atoms with Crippen molar-refractivity contribution in [1.29, 1.82) is 0 Å². The van der Waals surface area contributed by atoms with E-state index in [0.717, 1.165) is 30.9 Å². The number of rotatable bonds is 7. The Bertz CT molecular complexity index is 442. The van der Waals surface area contributed by atoms with Gasteiger partial charge in [0.05, 0.1) is 6.61 Å². The van der Waals surface area contributed by atoms with E-state index in [-0.39, 0.29) is 12.4 Å². The summed E-state index contributed by atoms with van der Waals surface area (Å²) in [6.45, 7) is 7.45. The Morgan fingerprint density at radius 3 is 2.55 bits per heavy atom. The fraction of sp³-hybridized carbons (Fsp3) is 0.667. The zero-order chi connectivity index (χ0) is 14.5. The van der Waals surface area contributed by atoms with Crippen molar-refractivity contribution in [3.63, 3.8) is 0 Å². The lowest BCUT2D eigenvalue weighted by Gasteiger charge is -2.32. The highest BCUT2D eigenvalue weighted by Crippen LogP contribution is 2.28. The van der Waals surface area contributed by atoms with Gasteiger partial charge in [-0.15, -0.1) is 12.4 Å². The molecule has 1 N–H and O–H groups in total. The van der Waals surface area contributed by atoms with Crippen molar-refractivity contribution in [2.75, 3.05) is 26.2 Å². The standard InChI is InChI=1S/C18H28N2O.ClH/c1-2-21-18-6-4-3-5-16(18)14-20-11-9-17(10-12-20)19-13-15-7-8-15;/h3-6,15,17,19H,2,7-14H2,1H3;1H. The predicted molar refractivity (Wildman–Crippen MR) is 93.9 cm³/mol. The average Bonchev–Trinajstić information content (AvgIpc) is 3.33. The molecule has 0 atom stereocenters. The van der Waals surface area contributed by atoms with Gasteiger partial charge >= 0.3 is 0 Å². The first-order valence-corrected chi connectivity index (χ1v) is 8.51. The van der Waals surface area contributed by atoms with Crippen LogP contribution in [0.1, 0.15) is 38.2 Å². The molecule has 2 aliphatic rings. The summed E-state index contributed by atoms with van der Waals surface area (Å²) in [6.07, 6.45) is 5.45. The van der Waals surface area contributed by atoms with Gasteiger partial charge in [0, 0.05) is 18.2 Å². The first-order valence-electron chi connectivity index (χ1n) is 8.51. The normalized spacial score (nSPS) is 19.7. The molecule has 0 bridgehead atoms. The van der Waals surface area contributed by atoms with Crippen LogP contribution in [-0.2, 0) is 6.54 Å². The third kappa shape index (κ3) is 5.15. The molecule has 2 fully saturated rings. The van der Waals surface area contributed by atoms with E-state index in [0.29, 0.717) is 0 Å². The van der Waals surface area contributed by atoms with E-state index >= 15 is 0 Å². The first-order chi connectivity index (χ1) is 10.3. The molecule has 1 saturated carbocycles. The van der Waals surface area contributed by atoms with Gasteiger partial charge in [-0.05, 0) is 64.2 Å². The molecule has 0 spiro atoms. The second-order valence-corrected chi connectivity index (χ2v) is 6.44. The molecule has 0 unspecified atom stereocenters. The number of hydrogen-bond donors (Lipinski definition) is 1. The largest absolute Gasteiger partial charge is 0.494 e. The minimum atomic E-state index is 0. The van der Waals surface area contributed by atoms with Crippen LogP contribution in [0.5, 0.6) is 5.75 Å². The zero-order valence-corrected chi connectivity index (χ0v) is 14.4. The Morgan fingerprint density at radius 2 is 1.86 bits per heavy atom. The van der Waals surface area contributed by atoms with E-state index in [1.165, 1.54) is 50.9 Å². The predicted octanol–water partition coefficient (Wildman–Crippen LogP) is 3.47. The van der Waals surface area contributed by atoms with E-state index in [1.807, 2.05) is 6.92 Å². The number of nitrogens with zero attached hydrogens (tertiary/aromatic N) is 1. The van der Waals surface area contributed by atoms with Gasteiger partial charge in [-0.2, -0.15) is 0 Å². The topological polar surface area (TPSA) is 24.5 Å². The van der Waals surface area contributed by atoms with E-state index in [4.69, 9.17) is 4.74 Å². The van der Waals surface area contributed by atoms with Crippen LogP contribution in [0.25, 0.3) is 0 Å². The van der Waals surface area contributed by atoms with Gasteiger partial charge in [-0.1, -0.05) is 18.2 Å². The van der Waals surface area contributed by atoms with Gasteiger partial charge in [-0.3, -0.25) is 4.90 Å². The summed E-state index contributed by atoms with van der Waals surface area (Å²) in [7, 11) is 0. The number of piperidine rings is 1. The number of halogens is 1. The van der Waals surface area contributed by atoms with Gasteiger partial charge in [0.2, 0.25) is 0 Å². The summed E-state index contributed by atoms with van der Waals surface area (Å²) < 4.78 is 5.73. The summed E-state index contributed by atoms with van der Waals surface area (Å²) in [4.78, 5) is 2.56. The lowest BCUT2D eigenvalue weighted by Crippen LogP contribution is -2.42. The number of ether oxygens (including phenoxy) is 1. The second-order valence-electron chi connectivity index (χ2n) is 6.44. The van der Waals surface area contributed by atoms with E-state index in [2.05, 4.69) is 34.5 Å². The van der Waals surface area contributed by atoms with Crippen LogP contribution >= 0.6 is 12.4 Å². The molecule has 0 aromatic heterocycles. The fourth-order valence-electron chi connectivity index (χ4n) is 3.12. The molecule has 3 rings (SSSR count). The van der Waals surface area contributed by atoms with Gasteiger partial charge in [0.1, 0.15) is 5.75 Å². The molecule has 1 aliphatic heterocycles. The summed E-state index contributed by atoms with van der Waals surface area (Å²) in [6, 6.07) is 9.19. The van der Waals surface area contributed by atoms with Crippen molar-refractivity contribution < 1.29 is 4.74 Å². The van der Waals surface area contributed by atoms with E-state index in [9.17, 15) is 0 Å². The SMILES string of the molecule is CCOc1ccccc1CN1CCC(NCC2CC2)CC1.Cl. The van der Waals surface area contributed by atoms with Crippen molar-refractivity contribution in [3.05, 3.63) is 29.8 Å². The molecule has 1 aromatic rings. The minimum absolute atomic E-state index is 0. The second kappa shape index (κ2) is 8.76. The molecule has 1 saturated heterocycles. The summed E-state index contributed by atoms with van der Waals surface area (Å²) in [5, 5.41) is 3.75. The maximum atomic E-state index is 5.73. The Kier molecular flexibility index (Phi) is 7.00. The number of benzene rings is 1. The van der Waals surface area contributed by atoms with Crippen molar-refractivity contribution in [2.45, 2.75) is 45.2 Å². The van der Waals surface area contributed by atoms with Crippen LogP contribution in [0.15, 0.2) is 24.3 Å². The summed E-state index contributed by atoms with van der Waals surface area (Å²) in [5.41, 5.74) is 1.32. The zero-order valence-electron chi connectivity index (χ0n) is 13.6. The van der Waals surface area contributed by atoms with Crippen LogP contribution in [0.4, 0.5) is 0 Å². The van der Waals surface area contributed by atoms with Gasteiger partial charge in [0.25, 0.3) is 0 Å². The highest BCUT2D eigenvalue weighted by atomic mass is 35.5. The van der Waals surface area contributed by atoms with Gasteiger partial charge in [0.15, 0.2) is 0 Å². The Hall–Kier alpha value is -0.770. The third-order valence-corrected chi connectivity index (χ3v) is 4.65. The molecular formula is C18H29ClN2O. The van der Waals surface area contributed by atoms with E-state index < -0.39 is 0 Å². The maximum absolute atomic E-state index is 5.73. The molecule has 4 heteroatoms. The fourth-order valence-corrected chi connectivity index (χ4v) is 3.12. The molecule has 0 amide bonds. The Balaban J connectivity index is 0.00000176. The molecule has 124 valence electrons. The van der Waals surface area contributed by atoms with Crippen molar-refractivity contribution >= 4 is 12.4 Å². The van der Waals surface area contributed by atoms with Crippen molar-refractivity contribution in [1.82, 2.24) is 10.2 Å². The summed E-state index contributed by atoms with van der Waals surface area (Å²) >= 11 is 0. The smallest absolute Gasteiger partial charge is 0.123 e. The van der Waals surface area contributed by atoms with Crippen LogP contribution in [0, 0.1) is 5.92 Å². The van der Waals surface area contributed by atoms with Gasteiger partial charge in [-0.25, -0.2) is 0 Å². The van der Waals surface area contributed by atoms with Crippen LogP contribution < -0.4 is 10.1 Å². The maximum Gasteiger partial charge on any atom is 0.123 e. The molecule has 3 nitrogen and oxygen atoms in total. The van der Waals surface area contributed by atoms with Crippen molar-refractivity contribution in [2.24, 2.45) is 5.92 Å². The quantitative estimate of drug-likeness (QED) is 0.831. The number of hydrogen-bond acceptors (Lipinski definition) is 3. The lowest BCUT2D eigenvalue weighted by atomic mass is 10.0. The third-order valence-electron chi connectivity index (χ3n) is 4.65. The average molecular weight is 325 g/mol. The van der Waals surface area contributed by atoms with E-state index in [1.54, 1.807) is 0 Å². The van der Waals surface area contributed by atoms with Crippen LogP contribution in [0.2, 0.25) is 0 Å². The summed E-state index contributed by atoms with van der Waals surface area (Å²) in [5.74, 6) is 2.04. The number of likely N-dealkylation sites (tertiary alicyclic amines) is 1. The monoisotopic (exact) mass is 324 g/mol. The lowest BCUT2D eigenvalue weighted by molar-refractivity contribution is 0.187. The number of para-hydroxylation sites is 1. The molecular weight excluding hydrogens is 296 g/mol. The number of nitrogens with one attached hydrogen (secondary N) is 1. The molecule has 1 aromatic carbocycles. The van der Waals surface area contributed by atoms with Gasteiger partial charge < -0.3 is 10.1 Å².